The van der Waals surface area contributed by atoms with Crippen molar-refractivity contribution in [2.45, 2.75) is 32.7 Å². The van der Waals surface area contributed by atoms with Gasteiger partial charge in [-0.3, -0.25) is 0 Å². The molecule has 0 aliphatic heterocycles. The van der Waals surface area contributed by atoms with Crippen molar-refractivity contribution in [3.63, 3.8) is 0 Å². The molecule has 6 heteroatoms. The average molecular weight is 239 g/mol. The van der Waals surface area contributed by atoms with Crippen LogP contribution in [0.1, 0.15) is 26.7 Å². The zero-order chi connectivity index (χ0) is 12.8. The van der Waals surface area contributed by atoms with Crippen molar-refractivity contribution in [1.29, 1.82) is 0 Å². The van der Waals surface area contributed by atoms with E-state index in [4.69, 9.17) is 10.6 Å². The van der Waals surface area contributed by atoms with Crippen molar-refractivity contribution in [3.05, 3.63) is 6.33 Å². The molecular formula is C11H21N5O. The lowest BCUT2D eigenvalue weighted by Crippen LogP contribution is -2.30. The molecule has 0 fully saturated rings. The molecule has 3 N–H and O–H groups in total. The molecular weight excluding hydrogens is 218 g/mol. The number of methoxy groups -OCH3 is 1. The fourth-order valence-electron chi connectivity index (χ4n) is 1.73. The number of anilines is 2. The average Bonchev–Trinajstić information content (AvgIpc) is 2.36. The summed E-state index contributed by atoms with van der Waals surface area (Å²) < 4.78 is 5.31. The van der Waals surface area contributed by atoms with E-state index in [1.807, 2.05) is 7.05 Å². The smallest absolute Gasteiger partial charge is 0.205 e. The Kier molecular flexibility index (Phi) is 4.96. The molecule has 1 rings (SSSR count). The SMILES string of the molecule is CCCC(C)N(C)c1ncnc(NN)c1OC. The van der Waals surface area contributed by atoms with Gasteiger partial charge in [-0.1, -0.05) is 13.3 Å². The number of nitrogens with one attached hydrogen (secondary N) is 1. The van der Waals surface area contributed by atoms with Crippen LogP contribution < -0.4 is 20.9 Å². The van der Waals surface area contributed by atoms with E-state index in [1.54, 1.807) is 7.11 Å². The van der Waals surface area contributed by atoms with Gasteiger partial charge in [-0.05, 0) is 13.3 Å². The molecule has 1 aromatic rings. The van der Waals surface area contributed by atoms with Gasteiger partial charge in [0, 0.05) is 13.1 Å². The van der Waals surface area contributed by atoms with Gasteiger partial charge < -0.3 is 15.1 Å². The molecule has 0 aromatic carbocycles. The number of nitrogens with two attached hydrogens (primary N) is 1. The minimum absolute atomic E-state index is 0.384. The number of nitrogens with zero attached hydrogens (tertiary/aromatic N) is 3. The molecule has 0 radical (unpaired) electrons. The summed E-state index contributed by atoms with van der Waals surface area (Å²) in [5.74, 6) is 7.20. The predicted octanol–water partition coefficient (Wildman–Crippen LogP) is 1.40. The van der Waals surface area contributed by atoms with Crippen molar-refractivity contribution in [2.75, 3.05) is 24.5 Å². The summed E-state index contributed by atoms with van der Waals surface area (Å²) in [4.78, 5) is 10.3. The largest absolute Gasteiger partial charge is 0.490 e. The first-order valence-corrected chi connectivity index (χ1v) is 5.74. The number of nitrogen functional groups attached to an aromatic ring is 1. The van der Waals surface area contributed by atoms with Gasteiger partial charge in [-0.15, -0.1) is 0 Å². The normalized spacial score (nSPS) is 12.1. The Labute approximate surface area is 102 Å². The molecule has 0 aliphatic carbocycles. The highest BCUT2D eigenvalue weighted by molar-refractivity contribution is 5.64. The number of hydrazine groups is 1. The van der Waals surface area contributed by atoms with Gasteiger partial charge in [0.2, 0.25) is 5.75 Å². The summed E-state index contributed by atoms with van der Waals surface area (Å²) in [5, 5.41) is 0. The van der Waals surface area contributed by atoms with Crippen LogP contribution in [0.5, 0.6) is 5.75 Å². The Bertz CT molecular complexity index is 358. The van der Waals surface area contributed by atoms with Crippen molar-refractivity contribution in [1.82, 2.24) is 9.97 Å². The molecule has 1 unspecified atom stereocenters. The van der Waals surface area contributed by atoms with Gasteiger partial charge in [0.15, 0.2) is 11.6 Å². The third-order valence-corrected chi connectivity index (χ3v) is 2.83. The summed E-state index contributed by atoms with van der Waals surface area (Å²) >= 11 is 0. The lowest BCUT2D eigenvalue weighted by Gasteiger charge is -2.27. The van der Waals surface area contributed by atoms with Crippen LogP contribution in [0.25, 0.3) is 0 Å². The first-order chi connectivity index (χ1) is 8.15. The maximum absolute atomic E-state index is 5.39. The lowest BCUT2D eigenvalue weighted by atomic mass is 10.2. The molecule has 96 valence electrons. The molecule has 6 nitrogen and oxygen atoms in total. The van der Waals surface area contributed by atoms with Crippen LogP contribution in [0.4, 0.5) is 11.6 Å². The van der Waals surface area contributed by atoms with Gasteiger partial charge in [0.05, 0.1) is 7.11 Å². The van der Waals surface area contributed by atoms with E-state index in [2.05, 4.69) is 34.1 Å². The van der Waals surface area contributed by atoms with Gasteiger partial charge in [-0.2, -0.15) is 0 Å². The molecule has 1 atom stereocenters. The topological polar surface area (TPSA) is 76.3 Å². The molecule has 0 bridgehead atoms. The van der Waals surface area contributed by atoms with E-state index in [1.165, 1.54) is 6.33 Å². The monoisotopic (exact) mass is 239 g/mol. The van der Waals surface area contributed by atoms with Gasteiger partial charge >= 0.3 is 0 Å². The van der Waals surface area contributed by atoms with Crippen molar-refractivity contribution in [2.24, 2.45) is 5.84 Å². The molecule has 1 heterocycles. The third-order valence-electron chi connectivity index (χ3n) is 2.83. The van der Waals surface area contributed by atoms with Gasteiger partial charge in [0.1, 0.15) is 6.33 Å². The second-order valence-electron chi connectivity index (χ2n) is 3.97. The second-order valence-corrected chi connectivity index (χ2v) is 3.97. The minimum atomic E-state index is 0.384. The predicted molar refractivity (Wildman–Crippen MR) is 69.2 cm³/mol. The molecule has 0 aliphatic rings. The van der Waals surface area contributed by atoms with Gasteiger partial charge in [0.25, 0.3) is 0 Å². The third kappa shape index (κ3) is 2.97. The van der Waals surface area contributed by atoms with Crippen LogP contribution in [0.3, 0.4) is 0 Å². The standard InChI is InChI=1S/C11H21N5O/c1-5-6-8(2)16(3)11-9(17-4)10(15-12)13-7-14-11/h7-8H,5-6,12H2,1-4H3,(H,13,14,15). The fraction of sp³-hybridized carbons (Fsp3) is 0.636. The van der Waals surface area contributed by atoms with Crippen molar-refractivity contribution >= 4 is 11.6 Å². The van der Waals surface area contributed by atoms with Crippen LogP contribution in [-0.4, -0.2) is 30.2 Å². The quantitative estimate of drug-likeness (QED) is 0.577. The van der Waals surface area contributed by atoms with E-state index < -0.39 is 0 Å². The first-order valence-electron chi connectivity index (χ1n) is 5.74. The highest BCUT2D eigenvalue weighted by Gasteiger charge is 2.18. The zero-order valence-corrected chi connectivity index (χ0v) is 10.9. The van der Waals surface area contributed by atoms with Crippen LogP contribution in [-0.2, 0) is 0 Å². The molecule has 0 amide bonds. The van der Waals surface area contributed by atoms with Crippen LogP contribution in [0.2, 0.25) is 0 Å². The highest BCUT2D eigenvalue weighted by atomic mass is 16.5. The number of aromatic nitrogens is 2. The maximum atomic E-state index is 5.39. The van der Waals surface area contributed by atoms with E-state index in [9.17, 15) is 0 Å². The molecule has 17 heavy (non-hydrogen) atoms. The van der Waals surface area contributed by atoms with E-state index in [0.29, 0.717) is 17.6 Å². The molecule has 0 saturated heterocycles. The number of hydrogen-bond acceptors (Lipinski definition) is 6. The Morgan fingerprint density at radius 2 is 2.24 bits per heavy atom. The Hall–Kier alpha value is -1.56. The van der Waals surface area contributed by atoms with Crippen LogP contribution in [0, 0.1) is 0 Å². The molecule has 1 aromatic heterocycles. The van der Waals surface area contributed by atoms with Crippen LogP contribution >= 0.6 is 0 Å². The van der Waals surface area contributed by atoms with Gasteiger partial charge in [-0.25, -0.2) is 15.8 Å². The summed E-state index contributed by atoms with van der Waals surface area (Å²) in [6, 6.07) is 0.384. The number of hydrogen-bond donors (Lipinski definition) is 2. The number of ether oxygens (including phenoxy) is 1. The number of rotatable bonds is 6. The van der Waals surface area contributed by atoms with E-state index in [-0.39, 0.29) is 0 Å². The second kappa shape index (κ2) is 6.24. The Morgan fingerprint density at radius 3 is 2.76 bits per heavy atom. The van der Waals surface area contributed by atoms with E-state index >= 15 is 0 Å². The van der Waals surface area contributed by atoms with Crippen molar-refractivity contribution in [3.8, 4) is 5.75 Å². The first kappa shape index (κ1) is 13.5. The molecule has 0 saturated carbocycles. The summed E-state index contributed by atoms with van der Waals surface area (Å²) in [5.41, 5.74) is 2.51. The molecule has 0 spiro atoms. The Balaban J connectivity index is 3.03. The van der Waals surface area contributed by atoms with Crippen molar-refractivity contribution < 1.29 is 4.74 Å². The Morgan fingerprint density at radius 1 is 1.53 bits per heavy atom. The highest BCUT2D eigenvalue weighted by Crippen LogP contribution is 2.31. The maximum Gasteiger partial charge on any atom is 0.205 e. The summed E-state index contributed by atoms with van der Waals surface area (Å²) in [7, 11) is 3.58. The minimum Gasteiger partial charge on any atom is -0.490 e. The summed E-state index contributed by atoms with van der Waals surface area (Å²) in [6.07, 6.45) is 3.69. The summed E-state index contributed by atoms with van der Waals surface area (Å²) in [6.45, 7) is 4.31. The zero-order valence-electron chi connectivity index (χ0n) is 10.9. The fourth-order valence-corrected chi connectivity index (χ4v) is 1.73. The van der Waals surface area contributed by atoms with E-state index in [0.717, 1.165) is 18.7 Å². The van der Waals surface area contributed by atoms with Crippen LogP contribution in [0.15, 0.2) is 6.33 Å². The lowest BCUT2D eigenvalue weighted by molar-refractivity contribution is 0.411.